The molecule has 2 rings (SSSR count). The highest BCUT2D eigenvalue weighted by atomic mass is 16.6. The second kappa shape index (κ2) is 9.96. The molecule has 0 radical (unpaired) electrons. The summed E-state index contributed by atoms with van der Waals surface area (Å²) in [5.41, 5.74) is 1.32. The molecule has 0 aromatic heterocycles. The van der Waals surface area contributed by atoms with Crippen LogP contribution in [-0.4, -0.2) is 38.2 Å². The van der Waals surface area contributed by atoms with Crippen LogP contribution in [0.4, 0.5) is 5.69 Å². The van der Waals surface area contributed by atoms with Crippen LogP contribution in [0.15, 0.2) is 48.5 Å². The second-order valence-electron chi connectivity index (χ2n) is 5.56. The zero-order chi connectivity index (χ0) is 19.6. The number of hydrogen-bond acceptors (Lipinski definition) is 6. The zero-order valence-corrected chi connectivity index (χ0v) is 15.2. The summed E-state index contributed by atoms with van der Waals surface area (Å²) in [5.74, 6) is -0.880. The van der Waals surface area contributed by atoms with E-state index in [1.54, 1.807) is 42.5 Å². The van der Waals surface area contributed by atoms with Gasteiger partial charge in [-0.1, -0.05) is 13.0 Å². The molecular weight excluding hydrogens is 350 g/mol. The molecule has 0 saturated carbocycles. The van der Waals surface area contributed by atoms with E-state index in [2.05, 4.69) is 10.1 Å². The van der Waals surface area contributed by atoms with Gasteiger partial charge in [0.15, 0.2) is 6.61 Å². The summed E-state index contributed by atoms with van der Waals surface area (Å²) in [4.78, 5) is 35.3. The SMILES string of the molecule is CCCOC(=O)c1ccc(NC(=O)c2cccc(OCC(=O)OC)c2)cc1. The third-order valence-corrected chi connectivity index (χ3v) is 3.50. The topological polar surface area (TPSA) is 90.9 Å². The molecule has 0 aliphatic heterocycles. The lowest BCUT2D eigenvalue weighted by Gasteiger charge is -2.09. The van der Waals surface area contributed by atoms with Crippen LogP contribution in [-0.2, 0) is 14.3 Å². The maximum Gasteiger partial charge on any atom is 0.343 e. The van der Waals surface area contributed by atoms with Gasteiger partial charge in [-0.15, -0.1) is 0 Å². The number of esters is 2. The highest BCUT2D eigenvalue weighted by molar-refractivity contribution is 6.04. The van der Waals surface area contributed by atoms with E-state index in [1.165, 1.54) is 13.2 Å². The van der Waals surface area contributed by atoms with E-state index in [4.69, 9.17) is 9.47 Å². The summed E-state index contributed by atoms with van der Waals surface area (Å²) >= 11 is 0. The maximum absolute atomic E-state index is 12.4. The van der Waals surface area contributed by atoms with Gasteiger partial charge in [-0.2, -0.15) is 0 Å². The smallest absolute Gasteiger partial charge is 0.343 e. The van der Waals surface area contributed by atoms with E-state index >= 15 is 0 Å². The quantitative estimate of drug-likeness (QED) is 0.717. The van der Waals surface area contributed by atoms with Crippen LogP contribution in [0.1, 0.15) is 34.1 Å². The molecule has 0 spiro atoms. The van der Waals surface area contributed by atoms with Crippen molar-refractivity contribution in [3.05, 3.63) is 59.7 Å². The number of benzene rings is 2. The average Bonchev–Trinajstić information content (AvgIpc) is 2.70. The molecule has 2 aromatic carbocycles. The monoisotopic (exact) mass is 371 g/mol. The van der Waals surface area contributed by atoms with Gasteiger partial charge < -0.3 is 19.5 Å². The standard InChI is InChI=1S/C20H21NO6/c1-3-11-26-20(24)14-7-9-16(10-8-14)21-19(23)15-5-4-6-17(12-15)27-13-18(22)25-2/h4-10,12H,3,11,13H2,1-2H3,(H,21,23). The first-order valence-corrected chi connectivity index (χ1v) is 8.41. The van der Waals surface area contributed by atoms with Gasteiger partial charge in [0.2, 0.25) is 0 Å². The third-order valence-electron chi connectivity index (χ3n) is 3.50. The summed E-state index contributed by atoms with van der Waals surface area (Å²) < 4.78 is 14.8. The Balaban J connectivity index is 1.98. The highest BCUT2D eigenvalue weighted by Gasteiger charge is 2.10. The van der Waals surface area contributed by atoms with Crippen LogP contribution in [0.3, 0.4) is 0 Å². The Hall–Kier alpha value is -3.35. The predicted octanol–water partition coefficient (Wildman–Crippen LogP) is 3.06. The Bertz CT molecular complexity index is 800. The van der Waals surface area contributed by atoms with Gasteiger partial charge in [0.25, 0.3) is 5.91 Å². The molecule has 0 atom stereocenters. The van der Waals surface area contributed by atoms with Gasteiger partial charge in [0, 0.05) is 11.3 Å². The van der Waals surface area contributed by atoms with Gasteiger partial charge in [0.05, 0.1) is 19.3 Å². The van der Waals surface area contributed by atoms with Gasteiger partial charge >= 0.3 is 11.9 Å². The van der Waals surface area contributed by atoms with Crippen LogP contribution < -0.4 is 10.1 Å². The number of carbonyl (C=O) groups excluding carboxylic acids is 3. The van der Waals surface area contributed by atoms with Crippen molar-refractivity contribution in [2.45, 2.75) is 13.3 Å². The summed E-state index contributed by atoms with van der Waals surface area (Å²) in [6.45, 7) is 2.05. The van der Waals surface area contributed by atoms with E-state index in [9.17, 15) is 14.4 Å². The summed E-state index contributed by atoms with van der Waals surface area (Å²) in [5, 5.41) is 2.73. The lowest BCUT2D eigenvalue weighted by molar-refractivity contribution is -0.142. The molecule has 27 heavy (non-hydrogen) atoms. The Morgan fingerprint density at radius 2 is 1.74 bits per heavy atom. The van der Waals surface area contributed by atoms with Gasteiger partial charge in [0.1, 0.15) is 5.75 Å². The molecule has 0 bridgehead atoms. The Labute approximate surface area is 157 Å². The second-order valence-corrected chi connectivity index (χ2v) is 5.56. The fourth-order valence-corrected chi connectivity index (χ4v) is 2.10. The Kier molecular flexibility index (Phi) is 7.37. The Morgan fingerprint density at radius 3 is 2.41 bits per heavy atom. The molecular formula is C20H21NO6. The van der Waals surface area contributed by atoms with E-state index in [1.807, 2.05) is 6.92 Å². The summed E-state index contributed by atoms with van der Waals surface area (Å²) in [7, 11) is 1.27. The van der Waals surface area contributed by atoms with Gasteiger partial charge in [-0.05, 0) is 48.9 Å². The minimum atomic E-state index is -0.512. The molecule has 2 aromatic rings. The molecule has 1 amide bonds. The predicted molar refractivity (Wildman–Crippen MR) is 98.9 cm³/mol. The average molecular weight is 371 g/mol. The van der Waals surface area contributed by atoms with Gasteiger partial charge in [-0.3, -0.25) is 4.79 Å². The van der Waals surface area contributed by atoms with Gasteiger partial charge in [-0.25, -0.2) is 9.59 Å². The Morgan fingerprint density at radius 1 is 1.00 bits per heavy atom. The molecule has 0 fully saturated rings. The number of carbonyl (C=O) groups is 3. The molecule has 0 aliphatic carbocycles. The molecule has 1 N–H and O–H groups in total. The number of methoxy groups -OCH3 is 1. The minimum absolute atomic E-state index is 0.239. The summed E-state index contributed by atoms with van der Waals surface area (Å²) in [6.07, 6.45) is 0.752. The molecule has 0 saturated heterocycles. The van der Waals surface area contributed by atoms with Crippen molar-refractivity contribution in [3.63, 3.8) is 0 Å². The van der Waals surface area contributed by atoms with E-state index in [-0.39, 0.29) is 12.5 Å². The van der Waals surface area contributed by atoms with Crippen LogP contribution >= 0.6 is 0 Å². The molecule has 7 heteroatoms. The number of rotatable bonds is 8. The summed E-state index contributed by atoms with van der Waals surface area (Å²) in [6, 6.07) is 12.8. The van der Waals surface area contributed by atoms with Crippen molar-refractivity contribution in [2.75, 3.05) is 25.6 Å². The highest BCUT2D eigenvalue weighted by Crippen LogP contribution is 2.16. The zero-order valence-electron chi connectivity index (χ0n) is 15.2. The number of nitrogens with one attached hydrogen (secondary N) is 1. The van der Waals surface area contributed by atoms with Crippen LogP contribution in [0.25, 0.3) is 0 Å². The normalized spacial score (nSPS) is 10.0. The molecule has 0 heterocycles. The number of amides is 1. The fourth-order valence-electron chi connectivity index (χ4n) is 2.10. The first kappa shape index (κ1) is 20.0. The molecule has 7 nitrogen and oxygen atoms in total. The fraction of sp³-hybridized carbons (Fsp3) is 0.250. The molecule has 0 aliphatic rings. The largest absolute Gasteiger partial charge is 0.482 e. The van der Waals surface area contributed by atoms with E-state index in [0.29, 0.717) is 29.2 Å². The van der Waals surface area contributed by atoms with Crippen molar-refractivity contribution in [2.24, 2.45) is 0 Å². The maximum atomic E-state index is 12.4. The first-order chi connectivity index (χ1) is 13.0. The third kappa shape index (κ3) is 6.14. The van der Waals surface area contributed by atoms with Crippen LogP contribution in [0.5, 0.6) is 5.75 Å². The van der Waals surface area contributed by atoms with E-state index < -0.39 is 11.9 Å². The van der Waals surface area contributed by atoms with Crippen molar-refractivity contribution >= 4 is 23.5 Å². The number of hydrogen-bond donors (Lipinski definition) is 1. The number of ether oxygens (including phenoxy) is 3. The molecule has 142 valence electrons. The first-order valence-electron chi connectivity index (χ1n) is 8.41. The van der Waals surface area contributed by atoms with Crippen molar-refractivity contribution < 1.29 is 28.6 Å². The number of anilines is 1. The minimum Gasteiger partial charge on any atom is -0.482 e. The van der Waals surface area contributed by atoms with Crippen LogP contribution in [0.2, 0.25) is 0 Å². The van der Waals surface area contributed by atoms with E-state index in [0.717, 1.165) is 6.42 Å². The lowest BCUT2D eigenvalue weighted by Crippen LogP contribution is -2.14. The lowest BCUT2D eigenvalue weighted by atomic mass is 10.1. The van der Waals surface area contributed by atoms with Crippen molar-refractivity contribution in [1.29, 1.82) is 0 Å². The van der Waals surface area contributed by atoms with Crippen molar-refractivity contribution in [3.8, 4) is 5.75 Å². The molecule has 0 unspecified atom stereocenters. The van der Waals surface area contributed by atoms with Crippen LogP contribution in [0, 0.1) is 0 Å². The van der Waals surface area contributed by atoms with Crippen molar-refractivity contribution in [1.82, 2.24) is 0 Å².